The quantitative estimate of drug-likeness (QED) is 0.588. The van der Waals surface area contributed by atoms with Crippen LogP contribution in [0.1, 0.15) is 32.6 Å². The minimum atomic E-state index is 0.612. The van der Waals surface area contributed by atoms with Crippen molar-refractivity contribution in [3.8, 4) is 5.75 Å². The second-order valence-electron chi connectivity index (χ2n) is 4.58. The van der Waals surface area contributed by atoms with Gasteiger partial charge in [0, 0.05) is 6.54 Å². The molecule has 0 bridgehead atoms. The highest BCUT2D eigenvalue weighted by atomic mass is 16.5. The van der Waals surface area contributed by atoms with Gasteiger partial charge in [0.25, 0.3) is 0 Å². The van der Waals surface area contributed by atoms with Crippen LogP contribution in [0.2, 0.25) is 0 Å². The topological polar surface area (TPSA) is 30.5 Å². The van der Waals surface area contributed by atoms with Gasteiger partial charge in [-0.1, -0.05) is 44.4 Å². The molecular weight excluding hydrogens is 238 g/mol. The molecule has 0 aromatic heterocycles. The van der Waals surface area contributed by atoms with Gasteiger partial charge in [-0.25, -0.2) is 0 Å². The summed E-state index contributed by atoms with van der Waals surface area (Å²) < 4.78 is 11.0. The Morgan fingerprint density at radius 1 is 0.895 bits per heavy atom. The monoisotopic (exact) mass is 265 g/mol. The lowest BCUT2D eigenvalue weighted by Crippen LogP contribution is -2.22. The van der Waals surface area contributed by atoms with E-state index in [4.69, 9.17) is 9.47 Å². The number of ether oxygens (including phenoxy) is 2. The molecule has 0 unspecified atom stereocenters. The lowest BCUT2D eigenvalue weighted by molar-refractivity contribution is 0.102. The molecule has 19 heavy (non-hydrogen) atoms. The summed E-state index contributed by atoms with van der Waals surface area (Å²) in [6.07, 6.45) is 5.24. The summed E-state index contributed by atoms with van der Waals surface area (Å²) in [7, 11) is 0. The zero-order chi connectivity index (χ0) is 13.6. The van der Waals surface area contributed by atoms with Crippen LogP contribution in [0.3, 0.4) is 0 Å². The van der Waals surface area contributed by atoms with Gasteiger partial charge in [-0.15, -0.1) is 0 Å². The molecule has 1 aromatic carbocycles. The number of benzene rings is 1. The van der Waals surface area contributed by atoms with Crippen molar-refractivity contribution in [2.45, 2.75) is 32.6 Å². The fraction of sp³-hybridized carbons (Fsp3) is 0.625. The van der Waals surface area contributed by atoms with Crippen LogP contribution in [-0.2, 0) is 4.74 Å². The molecule has 1 aromatic rings. The molecule has 0 aliphatic carbocycles. The fourth-order valence-corrected chi connectivity index (χ4v) is 1.78. The van der Waals surface area contributed by atoms with Crippen molar-refractivity contribution in [1.82, 2.24) is 5.32 Å². The Morgan fingerprint density at radius 2 is 1.74 bits per heavy atom. The summed E-state index contributed by atoms with van der Waals surface area (Å²) in [5.74, 6) is 0.903. The summed E-state index contributed by atoms with van der Waals surface area (Å²) in [5, 5.41) is 3.39. The summed E-state index contributed by atoms with van der Waals surface area (Å²) in [4.78, 5) is 0. The molecule has 0 saturated carbocycles. The first-order valence-electron chi connectivity index (χ1n) is 7.40. The molecule has 0 atom stereocenters. The van der Waals surface area contributed by atoms with Gasteiger partial charge < -0.3 is 14.8 Å². The van der Waals surface area contributed by atoms with Crippen LogP contribution in [0.25, 0.3) is 0 Å². The Bertz CT molecular complexity index is 290. The first kappa shape index (κ1) is 16.0. The average Bonchev–Trinajstić information content (AvgIpc) is 2.46. The summed E-state index contributed by atoms with van der Waals surface area (Å²) >= 11 is 0. The number of hydrogen-bond acceptors (Lipinski definition) is 3. The van der Waals surface area contributed by atoms with E-state index >= 15 is 0 Å². The Balaban J connectivity index is 1.79. The van der Waals surface area contributed by atoms with Crippen molar-refractivity contribution < 1.29 is 9.47 Å². The van der Waals surface area contributed by atoms with Gasteiger partial charge >= 0.3 is 0 Å². The number of hydrogen-bond donors (Lipinski definition) is 1. The maximum Gasteiger partial charge on any atom is 0.119 e. The van der Waals surface area contributed by atoms with Crippen molar-refractivity contribution in [2.75, 3.05) is 32.9 Å². The average molecular weight is 265 g/mol. The Kier molecular flexibility index (Phi) is 10.1. The van der Waals surface area contributed by atoms with Crippen LogP contribution in [0.5, 0.6) is 5.75 Å². The van der Waals surface area contributed by atoms with E-state index in [2.05, 4.69) is 12.2 Å². The Labute approximate surface area is 117 Å². The lowest BCUT2D eigenvalue weighted by atomic mass is 10.2. The fourth-order valence-electron chi connectivity index (χ4n) is 1.78. The highest BCUT2D eigenvalue weighted by Crippen LogP contribution is 2.07. The van der Waals surface area contributed by atoms with Gasteiger partial charge in [0.05, 0.1) is 13.2 Å². The SMILES string of the molecule is CCCCCCNCCOCCOc1ccccc1. The van der Waals surface area contributed by atoms with Gasteiger partial charge in [-0.3, -0.25) is 0 Å². The third kappa shape index (κ3) is 9.51. The molecule has 0 aliphatic rings. The molecule has 0 saturated heterocycles. The highest BCUT2D eigenvalue weighted by molar-refractivity contribution is 5.20. The molecule has 0 aliphatic heterocycles. The summed E-state index contributed by atoms with van der Waals surface area (Å²) in [5.41, 5.74) is 0. The minimum absolute atomic E-state index is 0.612. The Hall–Kier alpha value is -1.06. The molecule has 1 rings (SSSR count). The third-order valence-electron chi connectivity index (χ3n) is 2.87. The normalized spacial score (nSPS) is 10.6. The Morgan fingerprint density at radius 3 is 2.53 bits per heavy atom. The largest absolute Gasteiger partial charge is 0.491 e. The molecule has 1 N–H and O–H groups in total. The van der Waals surface area contributed by atoms with E-state index in [1.54, 1.807) is 0 Å². The van der Waals surface area contributed by atoms with E-state index in [0.717, 1.165) is 25.4 Å². The number of nitrogens with one attached hydrogen (secondary N) is 1. The van der Waals surface area contributed by atoms with Crippen LogP contribution in [0, 0.1) is 0 Å². The van der Waals surface area contributed by atoms with E-state index in [1.165, 1.54) is 25.7 Å². The van der Waals surface area contributed by atoms with E-state index < -0.39 is 0 Å². The van der Waals surface area contributed by atoms with Crippen molar-refractivity contribution in [3.63, 3.8) is 0 Å². The molecule has 0 spiro atoms. The van der Waals surface area contributed by atoms with E-state index in [9.17, 15) is 0 Å². The van der Waals surface area contributed by atoms with Crippen LogP contribution in [0.4, 0.5) is 0 Å². The zero-order valence-corrected chi connectivity index (χ0v) is 12.1. The lowest BCUT2D eigenvalue weighted by Gasteiger charge is -2.07. The summed E-state index contributed by atoms with van der Waals surface area (Å²) in [6, 6.07) is 9.84. The standard InChI is InChI=1S/C16H27NO2/c1-2-3-4-8-11-17-12-13-18-14-15-19-16-9-6-5-7-10-16/h5-7,9-10,17H,2-4,8,11-15H2,1H3. The maximum atomic E-state index is 5.53. The predicted molar refractivity (Wildman–Crippen MR) is 79.8 cm³/mol. The van der Waals surface area contributed by atoms with E-state index in [-0.39, 0.29) is 0 Å². The molecular formula is C16H27NO2. The van der Waals surface area contributed by atoms with Gasteiger partial charge in [-0.05, 0) is 25.1 Å². The first-order chi connectivity index (χ1) is 9.43. The van der Waals surface area contributed by atoms with Crippen molar-refractivity contribution in [3.05, 3.63) is 30.3 Å². The van der Waals surface area contributed by atoms with Crippen molar-refractivity contribution in [1.29, 1.82) is 0 Å². The van der Waals surface area contributed by atoms with Crippen molar-refractivity contribution in [2.24, 2.45) is 0 Å². The number of para-hydroxylation sites is 1. The molecule has 3 nitrogen and oxygen atoms in total. The maximum absolute atomic E-state index is 5.53. The highest BCUT2D eigenvalue weighted by Gasteiger charge is 1.93. The van der Waals surface area contributed by atoms with Crippen LogP contribution < -0.4 is 10.1 Å². The van der Waals surface area contributed by atoms with Gasteiger partial charge in [0.1, 0.15) is 12.4 Å². The molecule has 0 fully saturated rings. The van der Waals surface area contributed by atoms with E-state index in [0.29, 0.717) is 13.2 Å². The van der Waals surface area contributed by atoms with Crippen molar-refractivity contribution >= 4 is 0 Å². The number of rotatable bonds is 12. The molecule has 0 heterocycles. The minimum Gasteiger partial charge on any atom is -0.491 e. The summed E-state index contributed by atoms with van der Waals surface area (Å²) in [6.45, 7) is 6.28. The number of unbranched alkanes of at least 4 members (excludes halogenated alkanes) is 3. The molecule has 0 amide bonds. The van der Waals surface area contributed by atoms with Gasteiger partial charge in [0.15, 0.2) is 0 Å². The second-order valence-corrected chi connectivity index (χ2v) is 4.58. The van der Waals surface area contributed by atoms with Gasteiger partial charge in [-0.2, -0.15) is 0 Å². The molecule has 108 valence electrons. The van der Waals surface area contributed by atoms with Crippen LogP contribution in [-0.4, -0.2) is 32.9 Å². The van der Waals surface area contributed by atoms with E-state index in [1.807, 2.05) is 30.3 Å². The third-order valence-corrected chi connectivity index (χ3v) is 2.87. The second kappa shape index (κ2) is 12.0. The smallest absolute Gasteiger partial charge is 0.119 e. The first-order valence-corrected chi connectivity index (χ1v) is 7.40. The molecule has 0 radical (unpaired) electrons. The van der Waals surface area contributed by atoms with Gasteiger partial charge in [0.2, 0.25) is 0 Å². The molecule has 3 heteroatoms. The van der Waals surface area contributed by atoms with Crippen LogP contribution >= 0.6 is 0 Å². The predicted octanol–water partition coefficient (Wildman–Crippen LogP) is 3.25. The zero-order valence-electron chi connectivity index (χ0n) is 12.1. The van der Waals surface area contributed by atoms with Crippen LogP contribution in [0.15, 0.2) is 30.3 Å².